The fourth-order valence-electron chi connectivity index (χ4n) is 1.35. The van der Waals surface area contributed by atoms with Crippen LogP contribution in [0.1, 0.15) is 20.8 Å². The minimum Gasteiger partial charge on any atom is -0.375 e. The molecule has 0 atom stereocenters. The molecule has 0 fully saturated rings. The van der Waals surface area contributed by atoms with Crippen molar-refractivity contribution in [1.29, 1.82) is 0 Å². The molecule has 0 saturated heterocycles. The van der Waals surface area contributed by atoms with Crippen LogP contribution < -0.4 is 16.8 Å². The number of halogens is 1. The van der Waals surface area contributed by atoms with Gasteiger partial charge in [0.1, 0.15) is 5.69 Å². The highest BCUT2D eigenvalue weighted by Crippen LogP contribution is 2.24. The lowest BCUT2D eigenvalue weighted by Gasteiger charge is -2.07. The van der Waals surface area contributed by atoms with Gasteiger partial charge < -0.3 is 16.8 Å². The third-order valence-corrected chi connectivity index (χ3v) is 3.26. The van der Waals surface area contributed by atoms with E-state index in [-0.39, 0.29) is 16.9 Å². The standard InChI is InChI=1S/C11H9ClN4O2S/c12-6-2-1-5(9(13)17)3-7(6)15-10(18)8-4-19-11(14)16-8/h1-4H,(H2,13,17)(H2,14,16)(H,15,18). The molecule has 0 unspecified atom stereocenters. The molecule has 0 radical (unpaired) electrons. The molecule has 0 saturated carbocycles. The van der Waals surface area contributed by atoms with E-state index in [0.29, 0.717) is 10.2 Å². The number of hydrogen-bond acceptors (Lipinski definition) is 5. The molecule has 1 heterocycles. The topological polar surface area (TPSA) is 111 Å². The van der Waals surface area contributed by atoms with Crippen LogP contribution in [0, 0.1) is 0 Å². The zero-order valence-corrected chi connectivity index (χ0v) is 11.1. The zero-order chi connectivity index (χ0) is 14.0. The van der Waals surface area contributed by atoms with Crippen molar-refractivity contribution in [3.05, 3.63) is 39.9 Å². The summed E-state index contributed by atoms with van der Waals surface area (Å²) in [7, 11) is 0. The highest BCUT2D eigenvalue weighted by atomic mass is 35.5. The first kappa shape index (κ1) is 13.3. The molecular weight excluding hydrogens is 288 g/mol. The van der Waals surface area contributed by atoms with Crippen LogP contribution in [0.3, 0.4) is 0 Å². The second-order valence-electron chi connectivity index (χ2n) is 3.58. The molecule has 0 aliphatic carbocycles. The smallest absolute Gasteiger partial charge is 0.275 e. The lowest BCUT2D eigenvalue weighted by atomic mass is 10.2. The summed E-state index contributed by atoms with van der Waals surface area (Å²) in [6, 6.07) is 4.35. The number of amides is 2. The summed E-state index contributed by atoms with van der Waals surface area (Å²) in [5, 5.41) is 4.66. The maximum atomic E-state index is 11.9. The molecule has 19 heavy (non-hydrogen) atoms. The minimum atomic E-state index is -0.606. The van der Waals surface area contributed by atoms with Gasteiger partial charge in [0.15, 0.2) is 5.13 Å². The quantitative estimate of drug-likeness (QED) is 0.800. The van der Waals surface area contributed by atoms with Crippen LogP contribution in [-0.4, -0.2) is 16.8 Å². The van der Waals surface area contributed by atoms with Crippen LogP contribution in [0.5, 0.6) is 0 Å². The van der Waals surface area contributed by atoms with Crippen molar-refractivity contribution in [2.24, 2.45) is 5.73 Å². The van der Waals surface area contributed by atoms with Crippen LogP contribution in [0.25, 0.3) is 0 Å². The van der Waals surface area contributed by atoms with E-state index in [1.807, 2.05) is 0 Å². The number of aromatic nitrogens is 1. The molecule has 2 amide bonds. The molecule has 0 bridgehead atoms. The van der Waals surface area contributed by atoms with Gasteiger partial charge in [-0.3, -0.25) is 9.59 Å². The van der Waals surface area contributed by atoms with Gasteiger partial charge in [0.25, 0.3) is 5.91 Å². The van der Waals surface area contributed by atoms with Gasteiger partial charge in [0, 0.05) is 10.9 Å². The van der Waals surface area contributed by atoms with E-state index in [1.165, 1.54) is 23.6 Å². The second kappa shape index (κ2) is 5.25. The molecule has 0 aliphatic heterocycles. The highest BCUT2D eigenvalue weighted by Gasteiger charge is 2.13. The number of primary amides is 1. The van der Waals surface area contributed by atoms with E-state index in [1.54, 1.807) is 0 Å². The number of rotatable bonds is 3. The van der Waals surface area contributed by atoms with Crippen molar-refractivity contribution in [2.75, 3.05) is 11.1 Å². The van der Waals surface area contributed by atoms with Crippen molar-refractivity contribution >= 4 is 45.6 Å². The molecule has 1 aromatic carbocycles. The van der Waals surface area contributed by atoms with E-state index in [9.17, 15) is 9.59 Å². The summed E-state index contributed by atoms with van der Waals surface area (Å²) >= 11 is 7.08. The summed E-state index contributed by atoms with van der Waals surface area (Å²) < 4.78 is 0. The van der Waals surface area contributed by atoms with Crippen LogP contribution >= 0.6 is 22.9 Å². The Bertz CT molecular complexity index is 656. The molecule has 1 aromatic heterocycles. The number of hydrogen-bond donors (Lipinski definition) is 3. The number of nitrogens with zero attached hydrogens (tertiary/aromatic N) is 1. The molecule has 2 rings (SSSR count). The molecule has 2 aromatic rings. The maximum absolute atomic E-state index is 11.9. The SMILES string of the molecule is NC(=O)c1ccc(Cl)c(NC(=O)c2csc(N)n2)c1. The predicted octanol–water partition coefficient (Wildman–Crippen LogP) is 1.73. The third-order valence-electron chi connectivity index (χ3n) is 2.25. The average Bonchev–Trinajstić information content (AvgIpc) is 2.78. The Morgan fingerprint density at radius 2 is 2.11 bits per heavy atom. The molecule has 0 spiro atoms. The number of carbonyl (C=O) groups excluding carboxylic acids is 2. The lowest BCUT2D eigenvalue weighted by Crippen LogP contribution is -2.15. The van der Waals surface area contributed by atoms with Gasteiger partial charge in [-0.25, -0.2) is 4.98 Å². The molecule has 5 N–H and O–H groups in total. The number of anilines is 2. The Hall–Kier alpha value is -2.12. The van der Waals surface area contributed by atoms with Crippen molar-refractivity contribution in [2.45, 2.75) is 0 Å². The van der Waals surface area contributed by atoms with Gasteiger partial charge in [-0.15, -0.1) is 11.3 Å². The number of benzene rings is 1. The number of carbonyl (C=O) groups is 2. The summed E-state index contributed by atoms with van der Waals surface area (Å²) in [6.07, 6.45) is 0. The fraction of sp³-hybridized carbons (Fsp3) is 0. The monoisotopic (exact) mass is 296 g/mol. The first-order valence-corrected chi connectivity index (χ1v) is 6.35. The molecule has 8 heteroatoms. The van der Waals surface area contributed by atoms with Gasteiger partial charge in [-0.1, -0.05) is 11.6 Å². The lowest BCUT2D eigenvalue weighted by molar-refractivity contribution is 0.0995. The molecule has 6 nitrogen and oxygen atoms in total. The summed E-state index contributed by atoms with van der Waals surface area (Å²) in [5.41, 5.74) is 11.3. The third kappa shape index (κ3) is 3.01. The Morgan fingerprint density at radius 3 is 2.68 bits per heavy atom. The van der Waals surface area contributed by atoms with E-state index in [2.05, 4.69) is 10.3 Å². The van der Waals surface area contributed by atoms with Gasteiger partial charge >= 0.3 is 0 Å². The van der Waals surface area contributed by atoms with Gasteiger partial charge in [0.05, 0.1) is 10.7 Å². The molecule has 98 valence electrons. The van der Waals surface area contributed by atoms with E-state index >= 15 is 0 Å². The number of thiazole rings is 1. The number of nitrogens with one attached hydrogen (secondary N) is 1. The van der Waals surface area contributed by atoms with Gasteiger partial charge in [0.2, 0.25) is 5.91 Å². The van der Waals surface area contributed by atoms with Crippen molar-refractivity contribution in [3.63, 3.8) is 0 Å². The minimum absolute atomic E-state index is 0.183. The first-order chi connectivity index (χ1) is 8.97. The van der Waals surface area contributed by atoms with Gasteiger partial charge in [-0.2, -0.15) is 0 Å². The van der Waals surface area contributed by atoms with Crippen LogP contribution in [0.15, 0.2) is 23.6 Å². The van der Waals surface area contributed by atoms with Crippen LogP contribution in [-0.2, 0) is 0 Å². The zero-order valence-electron chi connectivity index (χ0n) is 9.51. The van der Waals surface area contributed by atoms with Crippen LogP contribution in [0.2, 0.25) is 5.02 Å². The van der Waals surface area contributed by atoms with Crippen molar-refractivity contribution in [1.82, 2.24) is 4.98 Å². The summed E-state index contributed by atoms with van der Waals surface area (Å²) in [6.45, 7) is 0. The second-order valence-corrected chi connectivity index (χ2v) is 4.88. The fourth-order valence-corrected chi connectivity index (χ4v) is 2.06. The first-order valence-electron chi connectivity index (χ1n) is 5.09. The Morgan fingerprint density at radius 1 is 1.37 bits per heavy atom. The van der Waals surface area contributed by atoms with Crippen molar-refractivity contribution < 1.29 is 9.59 Å². The summed E-state index contributed by atoms with van der Waals surface area (Å²) in [4.78, 5) is 26.8. The normalized spacial score (nSPS) is 10.2. The Balaban J connectivity index is 2.25. The summed E-state index contributed by atoms with van der Waals surface area (Å²) in [5.74, 6) is -1.07. The Labute approximate surface area is 117 Å². The van der Waals surface area contributed by atoms with Gasteiger partial charge in [-0.05, 0) is 18.2 Å². The van der Waals surface area contributed by atoms with E-state index in [4.69, 9.17) is 23.1 Å². The van der Waals surface area contributed by atoms with Crippen molar-refractivity contribution in [3.8, 4) is 0 Å². The predicted molar refractivity (Wildman–Crippen MR) is 74.4 cm³/mol. The maximum Gasteiger partial charge on any atom is 0.275 e. The van der Waals surface area contributed by atoms with Crippen LogP contribution in [0.4, 0.5) is 10.8 Å². The number of nitrogens with two attached hydrogens (primary N) is 2. The highest BCUT2D eigenvalue weighted by molar-refractivity contribution is 7.13. The molecule has 0 aliphatic rings. The number of nitrogen functional groups attached to an aromatic ring is 1. The van der Waals surface area contributed by atoms with E-state index in [0.717, 1.165) is 11.3 Å². The largest absolute Gasteiger partial charge is 0.375 e. The average molecular weight is 297 g/mol. The molecular formula is C11H9ClN4O2S. The van der Waals surface area contributed by atoms with E-state index < -0.39 is 11.8 Å². The Kier molecular flexibility index (Phi) is 3.68.